The van der Waals surface area contributed by atoms with Gasteiger partial charge in [0.25, 0.3) is 0 Å². The van der Waals surface area contributed by atoms with Crippen molar-refractivity contribution in [3.63, 3.8) is 0 Å². The Bertz CT molecular complexity index is 1280. The molecular weight excluding hydrogens is 356 g/mol. The predicted molar refractivity (Wildman–Crippen MR) is 118 cm³/mol. The number of benzene rings is 1. The minimum atomic E-state index is 0.0759. The second-order valence-corrected chi connectivity index (χ2v) is 9.93. The summed E-state index contributed by atoms with van der Waals surface area (Å²) in [6, 6.07) is 10.7. The van der Waals surface area contributed by atoms with Crippen molar-refractivity contribution in [2.75, 3.05) is 0 Å². The van der Waals surface area contributed by atoms with E-state index in [1.807, 2.05) is 0 Å². The molecule has 0 unspecified atom stereocenters. The number of fused-ring (bicyclic) bond motifs is 5. The molecule has 1 aliphatic rings. The van der Waals surface area contributed by atoms with Gasteiger partial charge in [0.1, 0.15) is 12.6 Å². The Labute approximate surface area is 172 Å². The lowest BCUT2D eigenvalue weighted by atomic mass is 9.63. The minimum Gasteiger partial charge on any atom is -0.453 e. The van der Waals surface area contributed by atoms with E-state index in [1.165, 1.54) is 23.1 Å². The number of hydrogen-bond acceptors (Lipinski definition) is 2. The second-order valence-electron chi connectivity index (χ2n) is 9.93. The van der Waals surface area contributed by atoms with Gasteiger partial charge in [-0.05, 0) is 53.9 Å². The zero-order valence-corrected chi connectivity index (χ0v) is 18.3. The zero-order chi connectivity index (χ0) is 20.6. The molecule has 1 aromatic carbocycles. The molecule has 3 heteroatoms. The number of hydrogen-bond donors (Lipinski definition) is 0. The largest absolute Gasteiger partial charge is 0.453 e. The Morgan fingerprint density at radius 2 is 1.72 bits per heavy atom. The second kappa shape index (κ2) is 5.91. The lowest BCUT2D eigenvalue weighted by molar-refractivity contribution is -0.660. The van der Waals surface area contributed by atoms with Crippen LogP contribution in [0, 0.1) is 6.92 Å². The molecule has 0 amide bonds. The lowest BCUT2D eigenvalue weighted by Crippen LogP contribution is -2.34. The van der Waals surface area contributed by atoms with Gasteiger partial charge in [-0.3, -0.25) is 4.98 Å². The highest BCUT2D eigenvalue weighted by molar-refractivity contribution is 6.09. The van der Waals surface area contributed by atoms with Crippen LogP contribution >= 0.6 is 0 Å². The molecule has 3 aromatic heterocycles. The third-order valence-electron chi connectivity index (χ3n) is 6.95. The van der Waals surface area contributed by atoms with E-state index in [1.54, 1.807) is 0 Å². The maximum Gasteiger partial charge on any atom is 0.216 e. The first-order chi connectivity index (χ1) is 13.7. The van der Waals surface area contributed by atoms with Crippen molar-refractivity contribution in [2.45, 2.75) is 58.3 Å². The fourth-order valence-corrected chi connectivity index (χ4v) is 5.03. The first kappa shape index (κ1) is 18.4. The molecule has 29 heavy (non-hydrogen) atoms. The van der Waals surface area contributed by atoms with E-state index in [-0.39, 0.29) is 10.8 Å². The predicted octanol–water partition coefficient (Wildman–Crippen LogP) is 6.13. The van der Waals surface area contributed by atoms with Crippen LogP contribution in [0.2, 0.25) is 0 Å². The number of aromatic nitrogens is 2. The molecule has 148 valence electrons. The van der Waals surface area contributed by atoms with Crippen LogP contribution in [0.15, 0.2) is 47.1 Å². The van der Waals surface area contributed by atoms with Crippen molar-refractivity contribution < 1.29 is 8.98 Å². The summed E-state index contributed by atoms with van der Waals surface area (Å²) in [4.78, 5) is 4.93. The van der Waals surface area contributed by atoms with E-state index in [4.69, 9.17) is 9.40 Å². The summed E-state index contributed by atoms with van der Waals surface area (Å²) in [7, 11) is 2.09. The smallest absolute Gasteiger partial charge is 0.216 e. The van der Waals surface area contributed by atoms with Crippen LogP contribution in [-0.4, -0.2) is 4.98 Å². The SMILES string of the molecule is Cc1ccc2c(oc3c4c(cnc32)C(C)(C)CCC4(C)C)c1-c1cccc[n+]1C. The van der Waals surface area contributed by atoms with Crippen molar-refractivity contribution in [3.8, 4) is 11.3 Å². The maximum atomic E-state index is 6.73. The maximum absolute atomic E-state index is 6.73. The van der Waals surface area contributed by atoms with Gasteiger partial charge in [-0.25, -0.2) is 4.57 Å². The molecule has 5 rings (SSSR count). The van der Waals surface area contributed by atoms with Gasteiger partial charge in [0.15, 0.2) is 17.4 Å². The summed E-state index contributed by atoms with van der Waals surface area (Å²) >= 11 is 0. The van der Waals surface area contributed by atoms with Crippen LogP contribution < -0.4 is 4.57 Å². The molecule has 4 aromatic rings. The normalized spacial score (nSPS) is 17.6. The molecule has 0 radical (unpaired) electrons. The van der Waals surface area contributed by atoms with E-state index in [0.717, 1.165) is 39.7 Å². The molecule has 0 saturated carbocycles. The standard InChI is InChI=1S/C26H29N2O/c1-16-10-11-17-22-24(29-23(17)20(16)19-9-7-8-14-28(19)6)21-18(15-27-22)25(2,3)12-13-26(21,4)5/h7-11,14-15H,12-13H2,1-6H3/q+1. The summed E-state index contributed by atoms with van der Waals surface area (Å²) in [5, 5.41) is 1.10. The molecule has 3 nitrogen and oxygen atoms in total. The summed E-state index contributed by atoms with van der Waals surface area (Å²) in [5.41, 5.74) is 9.31. The Morgan fingerprint density at radius 1 is 0.966 bits per heavy atom. The first-order valence-electron chi connectivity index (χ1n) is 10.5. The summed E-state index contributed by atoms with van der Waals surface area (Å²) in [5.74, 6) is 0. The molecule has 0 fully saturated rings. The minimum absolute atomic E-state index is 0.0759. The molecule has 0 saturated heterocycles. The van der Waals surface area contributed by atoms with E-state index in [2.05, 4.69) is 89.0 Å². The molecule has 0 spiro atoms. The van der Waals surface area contributed by atoms with Gasteiger partial charge in [-0.2, -0.15) is 0 Å². The molecule has 0 N–H and O–H groups in total. The third-order valence-corrected chi connectivity index (χ3v) is 6.95. The van der Waals surface area contributed by atoms with Crippen molar-refractivity contribution >= 4 is 22.1 Å². The zero-order valence-electron chi connectivity index (χ0n) is 18.3. The highest BCUT2D eigenvalue weighted by atomic mass is 16.3. The molecule has 0 bridgehead atoms. The fraction of sp³-hybridized carbons (Fsp3) is 0.385. The molecular formula is C26H29N2O+. The molecule has 0 atom stereocenters. The van der Waals surface area contributed by atoms with Gasteiger partial charge in [0, 0.05) is 29.3 Å². The van der Waals surface area contributed by atoms with Gasteiger partial charge in [-0.1, -0.05) is 33.8 Å². The van der Waals surface area contributed by atoms with Crippen LogP contribution in [0.3, 0.4) is 0 Å². The first-order valence-corrected chi connectivity index (χ1v) is 10.5. The summed E-state index contributed by atoms with van der Waals surface area (Å²) < 4.78 is 8.88. The average molecular weight is 386 g/mol. The van der Waals surface area contributed by atoms with Crippen LogP contribution in [0.25, 0.3) is 33.3 Å². The van der Waals surface area contributed by atoms with E-state index in [0.29, 0.717) is 0 Å². The lowest BCUT2D eigenvalue weighted by Gasteiger charge is -2.41. The average Bonchev–Trinajstić information content (AvgIpc) is 3.04. The quantitative estimate of drug-likeness (QED) is 0.369. The number of pyridine rings is 2. The van der Waals surface area contributed by atoms with Crippen LogP contribution in [0.1, 0.15) is 57.2 Å². The van der Waals surface area contributed by atoms with Crippen molar-refractivity contribution in [2.24, 2.45) is 7.05 Å². The topological polar surface area (TPSA) is 29.9 Å². The van der Waals surface area contributed by atoms with Crippen molar-refractivity contribution in [1.29, 1.82) is 0 Å². The number of rotatable bonds is 1. The Kier molecular flexibility index (Phi) is 3.74. The number of aryl methyl sites for hydroxylation is 2. The van der Waals surface area contributed by atoms with Gasteiger partial charge in [0.2, 0.25) is 5.69 Å². The number of furan rings is 1. The molecule has 0 aliphatic heterocycles. The van der Waals surface area contributed by atoms with Crippen molar-refractivity contribution in [1.82, 2.24) is 4.98 Å². The van der Waals surface area contributed by atoms with Crippen molar-refractivity contribution in [3.05, 3.63) is 59.4 Å². The molecule has 1 aliphatic carbocycles. The highest BCUT2D eigenvalue weighted by Crippen LogP contribution is 2.49. The monoisotopic (exact) mass is 385 g/mol. The summed E-state index contributed by atoms with van der Waals surface area (Å²) in [6.45, 7) is 11.5. The Hall–Kier alpha value is -2.68. The van der Waals surface area contributed by atoms with Gasteiger partial charge in [0.05, 0.1) is 5.56 Å². The Morgan fingerprint density at radius 3 is 2.48 bits per heavy atom. The van der Waals surface area contributed by atoms with E-state index < -0.39 is 0 Å². The van der Waals surface area contributed by atoms with Gasteiger partial charge >= 0.3 is 0 Å². The van der Waals surface area contributed by atoms with E-state index in [9.17, 15) is 0 Å². The number of nitrogens with zero attached hydrogens (tertiary/aromatic N) is 2. The third kappa shape index (κ3) is 2.56. The highest BCUT2D eigenvalue weighted by Gasteiger charge is 2.40. The summed E-state index contributed by atoms with van der Waals surface area (Å²) in [6.07, 6.45) is 6.52. The van der Waals surface area contributed by atoms with Gasteiger partial charge < -0.3 is 4.42 Å². The van der Waals surface area contributed by atoms with E-state index >= 15 is 0 Å². The molecule has 3 heterocycles. The van der Waals surface area contributed by atoms with Gasteiger partial charge in [-0.15, -0.1) is 0 Å². The van der Waals surface area contributed by atoms with Crippen LogP contribution in [-0.2, 0) is 17.9 Å². The fourth-order valence-electron chi connectivity index (χ4n) is 5.03. The van der Waals surface area contributed by atoms with Crippen LogP contribution in [0.4, 0.5) is 0 Å². The Balaban J connectivity index is 1.93. The van der Waals surface area contributed by atoms with Crippen LogP contribution in [0.5, 0.6) is 0 Å².